The molecule has 0 saturated carbocycles. The summed E-state index contributed by atoms with van der Waals surface area (Å²) >= 11 is 0. The van der Waals surface area contributed by atoms with Crippen LogP contribution in [-0.4, -0.2) is 40.4 Å². The van der Waals surface area contributed by atoms with E-state index in [9.17, 15) is 0 Å². The molecule has 0 radical (unpaired) electrons. The summed E-state index contributed by atoms with van der Waals surface area (Å²) in [6.45, 7) is 8.99. The Morgan fingerprint density at radius 2 is 2.11 bits per heavy atom. The average Bonchev–Trinajstić information content (AvgIpc) is 2.99. The molecule has 4 heteroatoms. The normalized spacial score (nSPS) is 18.4. The second kappa shape index (κ2) is 6.34. The summed E-state index contributed by atoms with van der Waals surface area (Å²) in [5.74, 6) is 0. The fraction of sp³-hybridized carbons (Fsp3) is 0.786. The zero-order chi connectivity index (χ0) is 13.0. The summed E-state index contributed by atoms with van der Waals surface area (Å²) in [6.07, 6.45) is 3.75. The number of rotatable bonds is 6. The molecule has 0 bridgehead atoms. The zero-order valence-corrected chi connectivity index (χ0v) is 11.9. The van der Waals surface area contributed by atoms with Gasteiger partial charge in [0, 0.05) is 26.2 Å². The fourth-order valence-corrected chi connectivity index (χ4v) is 2.63. The lowest BCUT2D eigenvalue weighted by molar-refractivity contribution is 0.251. The molecule has 1 aromatic rings. The lowest BCUT2D eigenvalue weighted by Gasteiger charge is -2.23. The van der Waals surface area contributed by atoms with Crippen LogP contribution in [0.2, 0.25) is 0 Å². The van der Waals surface area contributed by atoms with E-state index < -0.39 is 0 Å². The largest absolute Gasteiger partial charge is 0.310 e. The summed E-state index contributed by atoms with van der Waals surface area (Å²) in [5.41, 5.74) is 2.46. The van der Waals surface area contributed by atoms with Gasteiger partial charge in [-0.15, -0.1) is 0 Å². The monoisotopic (exact) mass is 250 g/mol. The molecule has 1 N–H and O–H groups in total. The Morgan fingerprint density at radius 3 is 2.72 bits per heavy atom. The van der Waals surface area contributed by atoms with Crippen LogP contribution in [0.25, 0.3) is 0 Å². The van der Waals surface area contributed by atoms with Gasteiger partial charge in [0.25, 0.3) is 0 Å². The summed E-state index contributed by atoms with van der Waals surface area (Å²) in [4.78, 5) is 2.58. The van der Waals surface area contributed by atoms with E-state index >= 15 is 0 Å². The van der Waals surface area contributed by atoms with Crippen LogP contribution in [0.4, 0.5) is 0 Å². The first-order chi connectivity index (χ1) is 8.70. The van der Waals surface area contributed by atoms with E-state index in [1.807, 2.05) is 11.7 Å². The van der Waals surface area contributed by atoms with Crippen LogP contribution in [0.1, 0.15) is 38.1 Å². The Morgan fingerprint density at radius 1 is 1.39 bits per heavy atom. The molecule has 0 aromatic carbocycles. The molecule has 18 heavy (non-hydrogen) atoms. The molecule has 1 atom stereocenters. The second-order valence-electron chi connectivity index (χ2n) is 5.33. The van der Waals surface area contributed by atoms with Gasteiger partial charge in [-0.2, -0.15) is 5.10 Å². The second-order valence-corrected chi connectivity index (χ2v) is 5.33. The molecular weight excluding hydrogens is 224 g/mol. The topological polar surface area (TPSA) is 33.1 Å². The highest BCUT2D eigenvalue weighted by molar-refractivity contribution is 5.09. The van der Waals surface area contributed by atoms with E-state index in [1.165, 1.54) is 37.3 Å². The lowest BCUT2D eigenvalue weighted by Crippen LogP contribution is -2.38. The predicted molar refractivity (Wildman–Crippen MR) is 74.6 cm³/mol. The number of likely N-dealkylation sites (tertiary alicyclic amines) is 1. The number of nitrogens with one attached hydrogen (secondary N) is 1. The van der Waals surface area contributed by atoms with Crippen molar-refractivity contribution in [2.24, 2.45) is 7.05 Å². The van der Waals surface area contributed by atoms with E-state index in [0.717, 1.165) is 19.5 Å². The van der Waals surface area contributed by atoms with Crippen LogP contribution in [0.3, 0.4) is 0 Å². The van der Waals surface area contributed by atoms with Gasteiger partial charge >= 0.3 is 0 Å². The Balaban J connectivity index is 1.75. The van der Waals surface area contributed by atoms with Crippen LogP contribution >= 0.6 is 0 Å². The molecule has 1 aliphatic rings. The lowest BCUT2D eigenvalue weighted by atomic mass is 10.2. The van der Waals surface area contributed by atoms with Gasteiger partial charge in [-0.25, -0.2) is 0 Å². The quantitative estimate of drug-likeness (QED) is 0.831. The van der Waals surface area contributed by atoms with Crippen LogP contribution in [0.15, 0.2) is 6.07 Å². The van der Waals surface area contributed by atoms with Gasteiger partial charge in [0.15, 0.2) is 0 Å². The number of hydrogen-bond donors (Lipinski definition) is 1. The van der Waals surface area contributed by atoms with E-state index in [0.29, 0.717) is 6.04 Å². The van der Waals surface area contributed by atoms with Crippen molar-refractivity contribution in [1.82, 2.24) is 20.0 Å². The van der Waals surface area contributed by atoms with Crippen LogP contribution in [0, 0.1) is 0 Å². The SMILES string of the molecule is CCc1cc(CNCC(C)N2CCCC2)n(C)n1. The smallest absolute Gasteiger partial charge is 0.0625 e. The number of aromatic nitrogens is 2. The van der Waals surface area contributed by atoms with E-state index in [2.05, 4.69) is 35.2 Å². The molecule has 0 aliphatic carbocycles. The molecule has 2 rings (SSSR count). The van der Waals surface area contributed by atoms with Gasteiger partial charge in [-0.05, 0) is 45.3 Å². The Hall–Kier alpha value is -0.870. The molecule has 1 fully saturated rings. The molecule has 1 aliphatic heterocycles. The number of nitrogens with zero attached hydrogens (tertiary/aromatic N) is 3. The molecule has 0 spiro atoms. The molecule has 102 valence electrons. The first kappa shape index (κ1) is 13.6. The Labute approximate surface area is 110 Å². The Kier molecular flexibility index (Phi) is 4.78. The first-order valence-corrected chi connectivity index (χ1v) is 7.17. The maximum absolute atomic E-state index is 4.47. The maximum atomic E-state index is 4.47. The summed E-state index contributed by atoms with van der Waals surface area (Å²) < 4.78 is 1.99. The predicted octanol–water partition coefficient (Wildman–Crippen LogP) is 1.56. The average molecular weight is 250 g/mol. The minimum atomic E-state index is 0.645. The molecule has 2 heterocycles. The van der Waals surface area contributed by atoms with E-state index in [4.69, 9.17) is 0 Å². The number of hydrogen-bond acceptors (Lipinski definition) is 3. The van der Waals surface area contributed by atoms with Crippen LogP contribution in [-0.2, 0) is 20.0 Å². The maximum Gasteiger partial charge on any atom is 0.0625 e. The molecule has 4 nitrogen and oxygen atoms in total. The highest BCUT2D eigenvalue weighted by Crippen LogP contribution is 2.11. The van der Waals surface area contributed by atoms with Gasteiger partial charge in [-0.1, -0.05) is 6.92 Å². The third kappa shape index (κ3) is 3.33. The molecule has 1 unspecified atom stereocenters. The van der Waals surface area contributed by atoms with Gasteiger partial charge in [0.05, 0.1) is 11.4 Å². The minimum absolute atomic E-state index is 0.645. The van der Waals surface area contributed by atoms with Crippen molar-refractivity contribution < 1.29 is 0 Å². The summed E-state index contributed by atoms with van der Waals surface area (Å²) in [7, 11) is 2.03. The van der Waals surface area contributed by atoms with Crippen molar-refractivity contribution in [2.45, 2.75) is 45.7 Å². The highest BCUT2D eigenvalue weighted by atomic mass is 15.3. The standard InChI is InChI=1S/C14H26N4/c1-4-13-9-14(17(3)16-13)11-15-10-12(2)18-7-5-6-8-18/h9,12,15H,4-8,10-11H2,1-3H3. The highest BCUT2D eigenvalue weighted by Gasteiger charge is 2.17. The summed E-state index contributed by atoms with van der Waals surface area (Å²) in [5, 5.41) is 8.02. The van der Waals surface area contributed by atoms with Crippen molar-refractivity contribution >= 4 is 0 Å². The summed E-state index contributed by atoms with van der Waals surface area (Å²) in [6, 6.07) is 2.85. The van der Waals surface area contributed by atoms with Gasteiger partial charge in [-0.3, -0.25) is 9.58 Å². The minimum Gasteiger partial charge on any atom is -0.310 e. The molecule has 1 saturated heterocycles. The van der Waals surface area contributed by atoms with E-state index in [-0.39, 0.29) is 0 Å². The van der Waals surface area contributed by atoms with Gasteiger partial charge < -0.3 is 5.32 Å². The molecule has 1 aromatic heterocycles. The van der Waals surface area contributed by atoms with Crippen molar-refractivity contribution in [3.05, 3.63) is 17.5 Å². The van der Waals surface area contributed by atoms with Crippen molar-refractivity contribution in [3.8, 4) is 0 Å². The van der Waals surface area contributed by atoms with Crippen LogP contribution in [0.5, 0.6) is 0 Å². The van der Waals surface area contributed by atoms with Crippen molar-refractivity contribution in [2.75, 3.05) is 19.6 Å². The van der Waals surface area contributed by atoms with Gasteiger partial charge in [0.1, 0.15) is 0 Å². The van der Waals surface area contributed by atoms with Crippen molar-refractivity contribution in [1.29, 1.82) is 0 Å². The van der Waals surface area contributed by atoms with Crippen molar-refractivity contribution in [3.63, 3.8) is 0 Å². The number of aryl methyl sites for hydroxylation is 2. The Bertz CT molecular complexity index is 366. The van der Waals surface area contributed by atoms with E-state index in [1.54, 1.807) is 0 Å². The third-order valence-corrected chi connectivity index (χ3v) is 3.90. The molecular formula is C14H26N4. The first-order valence-electron chi connectivity index (χ1n) is 7.17. The molecule has 0 amide bonds. The zero-order valence-electron chi connectivity index (χ0n) is 11.9. The van der Waals surface area contributed by atoms with Gasteiger partial charge in [0.2, 0.25) is 0 Å². The third-order valence-electron chi connectivity index (χ3n) is 3.90. The fourth-order valence-electron chi connectivity index (χ4n) is 2.63. The van der Waals surface area contributed by atoms with Crippen LogP contribution < -0.4 is 5.32 Å².